The standard InChI is InChI=1S/C12H15N3O/c13-6-1-2-12(16)15-10-3-4-11-9(8-10)5-7-14-11/h3-5,7-8,14H,1-2,6,13H2,(H,15,16). The Labute approximate surface area is 93.8 Å². The summed E-state index contributed by atoms with van der Waals surface area (Å²) in [5, 5.41) is 3.94. The molecule has 16 heavy (non-hydrogen) atoms. The van der Waals surface area contributed by atoms with Crippen LogP contribution in [0.25, 0.3) is 10.9 Å². The summed E-state index contributed by atoms with van der Waals surface area (Å²) in [6.07, 6.45) is 3.07. The third-order valence-electron chi connectivity index (χ3n) is 2.45. The van der Waals surface area contributed by atoms with E-state index in [0.29, 0.717) is 13.0 Å². The fourth-order valence-electron chi connectivity index (χ4n) is 1.62. The van der Waals surface area contributed by atoms with Gasteiger partial charge in [-0.2, -0.15) is 0 Å². The molecule has 4 N–H and O–H groups in total. The van der Waals surface area contributed by atoms with Gasteiger partial charge in [-0.05, 0) is 37.2 Å². The minimum absolute atomic E-state index is 0.0142. The number of H-pyrrole nitrogens is 1. The zero-order valence-electron chi connectivity index (χ0n) is 8.99. The van der Waals surface area contributed by atoms with Gasteiger partial charge in [0.1, 0.15) is 0 Å². The SMILES string of the molecule is NCCCC(=O)Nc1ccc2[nH]ccc2c1. The van der Waals surface area contributed by atoms with Crippen LogP contribution in [0, 0.1) is 0 Å². The Kier molecular flexibility index (Phi) is 3.22. The molecule has 0 atom stereocenters. The number of rotatable bonds is 4. The molecule has 0 aliphatic rings. The molecule has 2 rings (SSSR count). The first-order valence-corrected chi connectivity index (χ1v) is 5.36. The van der Waals surface area contributed by atoms with Gasteiger partial charge in [0.2, 0.25) is 5.91 Å². The molecule has 1 aromatic carbocycles. The van der Waals surface area contributed by atoms with E-state index in [1.165, 1.54) is 0 Å². The molecule has 0 unspecified atom stereocenters. The summed E-state index contributed by atoms with van der Waals surface area (Å²) in [5.41, 5.74) is 7.24. The van der Waals surface area contributed by atoms with Gasteiger partial charge in [0, 0.05) is 29.2 Å². The van der Waals surface area contributed by atoms with Crippen molar-refractivity contribution >= 4 is 22.5 Å². The van der Waals surface area contributed by atoms with Gasteiger partial charge in [-0.15, -0.1) is 0 Å². The zero-order valence-corrected chi connectivity index (χ0v) is 8.99. The molecule has 1 aromatic heterocycles. The predicted octanol–water partition coefficient (Wildman–Crippen LogP) is 1.85. The minimum atomic E-state index is 0.0142. The molecule has 1 amide bonds. The van der Waals surface area contributed by atoms with Crippen LogP contribution in [0.1, 0.15) is 12.8 Å². The number of carbonyl (C=O) groups excluding carboxylic acids is 1. The molecule has 2 aromatic rings. The average molecular weight is 217 g/mol. The van der Waals surface area contributed by atoms with Crippen molar-refractivity contribution in [3.8, 4) is 0 Å². The lowest BCUT2D eigenvalue weighted by atomic mass is 10.2. The van der Waals surface area contributed by atoms with E-state index >= 15 is 0 Å². The maximum absolute atomic E-state index is 11.5. The van der Waals surface area contributed by atoms with Gasteiger partial charge in [0.15, 0.2) is 0 Å². The lowest BCUT2D eigenvalue weighted by molar-refractivity contribution is -0.116. The number of fused-ring (bicyclic) bond motifs is 1. The van der Waals surface area contributed by atoms with Gasteiger partial charge in [0.25, 0.3) is 0 Å². The number of hydrogen-bond donors (Lipinski definition) is 3. The third kappa shape index (κ3) is 2.41. The van der Waals surface area contributed by atoms with Crippen LogP contribution in [-0.4, -0.2) is 17.4 Å². The van der Waals surface area contributed by atoms with Gasteiger partial charge in [0.05, 0.1) is 0 Å². The fourth-order valence-corrected chi connectivity index (χ4v) is 1.62. The second kappa shape index (κ2) is 4.81. The predicted molar refractivity (Wildman–Crippen MR) is 65.2 cm³/mol. The molecule has 0 bridgehead atoms. The van der Waals surface area contributed by atoms with Crippen molar-refractivity contribution in [3.63, 3.8) is 0 Å². The second-order valence-electron chi connectivity index (χ2n) is 3.72. The summed E-state index contributed by atoms with van der Waals surface area (Å²) in [6, 6.07) is 7.77. The quantitative estimate of drug-likeness (QED) is 0.731. The van der Waals surface area contributed by atoms with Crippen LogP contribution in [0.4, 0.5) is 5.69 Å². The first-order chi connectivity index (χ1) is 7.79. The average Bonchev–Trinajstić information content (AvgIpc) is 2.73. The van der Waals surface area contributed by atoms with Crippen LogP contribution in [0.2, 0.25) is 0 Å². The van der Waals surface area contributed by atoms with Crippen LogP contribution in [0.5, 0.6) is 0 Å². The number of nitrogens with one attached hydrogen (secondary N) is 2. The smallest absolute Gasteiger partial charge is 0.224 e. The number of hydrogen-bond acceptors (Lipinski definition) is 2. The van der Waals surface area contributed by atoms with Crippen LogP contribution in [0.3, 0.4) is 0 Å². The number of carbonyl (C=O) groups is 1. The van der Waals surface area contributed by atoms with Gasteiger partial charge in [-0.3, -0.25) is 4.79 Å². The van der Waals surface area contributed by atoms with Gasteiger partial charge in [-0.1, -0.05) is 0 Å². The number of anilines is 1. The Bertz CT molecular complexity index is 490. The van der Waals surface area contributed by atoms with Crippen molar-refractivity contribution in [2.75, 3.05) is 11.9 Å². The molecule has 0 aliphatic carbocycles. The molecule has 0 saturated heterocycles. The summed E-state index contributed by atoms with van der Waals surface area (Å²) >= 11 is 0. The molecule has 0 saturated carbocycles. The number of aromatic nitrogens is 1. The summed E-state index contributed by atoms with van der Waals surface area (Å²) in [4.78, 5) is 14.6. The van der Waals surface area contributed by atoms with E-state index in [0.717, 1.165) is 23.0 Å². The molecule has 0 fully saturated rings. The lowest BCUT2D eigenvalue weighted by Crippen LogP contribution is -2.13. The first kappa shape index (κ1) is 10.7. The Hall–Kier alpha value is -1.81. The van der Waals surface area contributed by atoms with Crippen LogP contribution in [-0.2, 0) is 4.79 Å². The molecule has 0 spiro atoms. The van der Waals surface area contributed by atoms with Crippen LogP contribution >= 0.6 is 0 Å². The van der Waals surface area contributed by atoms with Crippen molar-refractivity contribution in [1.29, 1.82) is 0 Å². The zero-order chi connectivity index (χ0) is 11.4. The van der Waals surface area contributed by atoms with E-state index in [1.54, 1.807) is 0 Å². The Morgan fingerprint density at radius 3 is 3.06 bits per heavy atom. The Balaban J connectivity index is 2.06. The van der Waals surface area contributed by atoms with Gasteiger partial charge in [-0.25, -0.2) is 0 Å². The summed E-state index contributed by atoms with van der Waals surface area (Å²) in [6.45, 7) is 0.546. The number of nitrogens with two attached hydrogens (primary N) is 1. The molecule has 4 heteroatoms. The number of benzene rings is 1. The highest BCUT2D eigenvalue weighted by Gasteiger charge is 2.02. The van der Waals surface area contributed by atoms with Crippen molar-refractivity contribution in [2.45, 2.75) is 12.8 Å². The van der Waals surface area contributed by atoms with E-state index < -0.39 is 0 Å². The summed E-state index contributed by atoms with van der Waals surface area (Å²) < 4.78 is 0. The fraction of sp³-hybridized carbons (Fsp3) is 0.250. The number of amides is 1. The van der Waals surface area contributed by atoms with Crippen LogP contribution in [0.15, 0.2) is 30.5 Å². The highest BCUT2D eigenvalue weighted by atomic mass is 16.1. The monoisotopic (exact) mass is 217 g/mol. The van der Waals surface area contributed by atoms with Gasteiger partial charge >= 0.3 is 0 Å². The Morgan fingerprint density at radius 2 is 2.25 bits per heavy atom. The van der Waals surface area contributed by atoms with Crippen molar-refractivity contribution < 1.29 is 4.79 Å². The Morgan fingerprint density at radius 1 is 1.38 bits per heavy atom. The van der Waals surface area contributed by atoms with Gasteiger partial charge < -0.3 is 16.0 Å². The third-order valence-corrected chi connectivity index (χ3v) is 2.45. The minimum Gasteiger partial charge on any atom is -0.361 e. The van der Waals surface area contributed by atoms with E-state index in [4.69, 9.17) is 5.73 Å². The largest absolute Gasteiger partial charge is 0.361 e. The number of aromatic amines is 1. The molecule has 0 aliphatic heterocycles. The highest BCUT2D eigenvalue weighted by Crippen LogP contribution is 2.17. The first-order valence-electron chi connectivity index (χ1n) is 5.36. The van der Waals surface area contributed by atoms with E-state index in [2.05, 4.69) is 10.3 Å². The maximum atomic E-state index is 11.5. The topological polar surface area (TPSA) is 70.9 Å². The maximum Gasteiger partial charge on any atom is 0.224 e. The van der Waals surface area contributed by atoms with E-state index in [9.17, 15) is 4.79 Å². The van der Waals surface area contributed by atoms with Crippen LogP contribution < -0.4 is 11.1 Å². The molecular weight excluding hydrogens is 202 g/mol. The molecular formula is C12H15N3O. The van der Waals surface area contributed by atoms with E-state index in [-0.39, 0.29) is 5.91 Å². The highest BCUT2D eigenvalue weighted by molar-refractivity contribution is 5.93. The van der Waals surface area contributed by atoms with Crippen molar-refractivity contribution in [2.24, 2.45) is 5.73 Å². The normalized spacial score (nSPS) is 10.6. The molecule has 0 radical (unpaired) electrons. The second-order valence-corrected chi connectivity index (χ2v) is 3.72. The molecule has 84 valence electrons. The summed E-state index contributed by atoms with van der Waals surface area (Å²) in [7, 11) is 0. The lowest BCUT2D eigenvalue weighted by Gasteiger charge is -2.04. The molecule has 4 nitrogen and oxygen atoms in total. The van der Waals surface area contributed by atoms with E-state index in [1.807, 2.05) is 30.5 Å². The molecule has 1 heterocycles. The summed E-state index contributed by atoms with van der Waals surface area (Å²) in [5.74, 6) is 0.0142. The van der Waals surface area contributed by atoms with Crippen molar-refractivity contribution in [3.05, 3.63) is 30.5 Å². The van der Waals surface area contributed by atoms with Crippen molar-refractivity contribution in [1.82, 2.24) is 4.98 Å².